The molecule has 2 heterocycles. The Balaban J connectivity index is -0.000000438. The van der Waals surface area contributed by atoms with Crippen LogP contribution >= 0.6 is 0 Å². The van der Waals surface area contributed by atoms with Crippen LogP contribution in [0.5, 0.6) is 0 Å². The SMILES string of the molecule is C.CC.CC.CC.CC(C)C1C[B]c2ccccc21.CC1=CC=C(C(C)C)[B]1.Cc1cccc(C(C)C)c1. The van der Waals surface area contributed by atoms with E-state index in [0.717, 1.165) is 11.8 Å². The summed E-state index contributed by atoms with van der Waals surface area (Å²) in [6, 6.07) is 17.4. The molecule has 0 saturated heterocycles. The molecule has 0 bridgehead atoms. The van der Waals surface area contributed by atoms with Gasteiger partial charge in [-0.3, -0.25) is 0 Å². The fraction of sp³-hybridized carbons (Fsp3) is 0.556. The molecule has 2 aliphatic rings. The first-order chi connectivity index (χ1) is 17.7. The predicted molar refractivity (Wildman–Crippen MR) is 183 cm³/mol. The lowest BCUT2D eigenvalue weighted by molar-refractivity contribution is 0.542. The first-order valence-electron chi connectivity index (χ1n) is 14.9. The fourth-order valence-electron chi connectivity index (χ4n) is 4.02. The molecule has 0 N–H and O–H groups in total. The van der Waals surface area contributed by atoms with Crippen molar-refractivity contribution in [2.45, 2.75) is 123 Å². The number of hydrogen-bond donors (Lipinski definition) is 0. The Morgan fingerprint density at radius 2 is 1.29 bits per heavy atom. The van der Waals surface area contributed by atoms with Crippen LogP contribution in [0.1, 0.15) is 126 Å². The van der Waals surface area contributed by atoms with E-state index in [1.807, 2.05) is 41.5 Å². The first-order valence-corrected chi connectivity index (χ1v) is 14.9. The summed E-state index contributed by atoms with van der Waals surface area (Å²) in [6.45, 7) is 29.7. The molecule has 0 saturated carbocycles. The molecule has 0 fully saturated rings. The standard InChI is InChI=1S/C11H14B.C10H14.C8H12B.3C2H6.CH4/c1-8(2)10-7-12-11-6-4-3-5-9(10)11;1-8(2)10-6-4-5-9(3)7-10;1-6(2)8-5-4-7(3)9-8;3*1-2;/h3-6,8,10H,7H2,1-2H3;4-8H,1-3H3;4-6H,1-3H3;3*1-2H3;1H4. The van der Waals surface area contributed by atoms with Gasteiger partial charge in [0.2, 0.25) is 0 Å². The van der Waals surface area contributed by atoms with Gasteiger partial charge < -0.3 is 0 Å². The van der Waals surface area contributed by atoms with E-state index < -0.39 is 0 Å². The Morgan fingerprint density at radius 3 is 1.68 bits per heavy atom. The van der Waals surface area contributed by atoms with Gasteiger partial charge in [-0.15, -0.1) is 10.9 Å². The molecule has 0 nitrogen and oxygen atoms in total. The topological polar surface area (TPSA) is 0 Å². The van der Waals surface area contributed by atoms with Gasteiger partial charge in [0, 0.05) is 0 Å². The van der Waals surface area contributed by atoms with Gasteiger partial charge in [0.05, 0.1) is 0 Å². The highest BCUT2D eigenvalue weighted by atomic mass is 14.2. The minimum absolute atomic E-state index is 0. The number of fused-ring (bicyclic) bond motifs is 1. The zero-order valence-electron chi connectivity index (χ0n) is 26.9. The summed E-state index contributed by atoms with van der Waals surface area (Å²) in [4.78, 5) is 0. The second-order valence-electron chi connectivity index (χ2n) is 9.86. The summed E-state index contributed by atoms with van der Waals surface area (Å²) in [5.41, 5.74) is 8.61. The monoisotopic (exact) mass is 517 g/mol. The van der Waals surface area contributed by atoms with Crippen LogP contribution in [0.3, 0.4) is 0 Å². The van der Waals surface area contributed by atoms with Gasteiger partial charge >= 0.3 is 0 Å². The lowest BCUT2D eigenvalue weighted by atomic mass is 9.63. The maximum Gasteiger partial charge on any atom is 0.180 e. The molecule has 1 unspecified atom stereocenters. The molecule has 2 aliphatic heterocycles. The van der Waals surface area contributed by atoms with E-state index in [1.165, 1.54) is 33.9 Å². The molecule has 2 aromatic rings. The van der Waals surface area contributed by atoms with Crippen LogP contribution in [0.4, 0.5) is 0 Å². The summed E-state index contributed by atoms with van der Waals surface area (Å²) >= 11 is 0. The van der Waals surface area contributed by atoms with Gasteiger partial charge in [-0.2, -0.15) is 0 Å². The number of benzene rings is 2. The highest BCUT2D eigenvalue weighted by molar-refractivity contribution is 6.56. The molecule has 1 atom stereocenters. The van der Waals surface area contributed by atoms with E-state index in [1.54, 1.807) is 5.56 Å². The van der Waals surface area contributed by atoms with Gasteiger partial charge in [0.25, 0.3) is 0 Å². The Hall–Kier alpha value is -1.95. The highest BCUT2D eigenvalue weighted by Gasteiger charge is 2.24. The number of hydrogen-bond acceptors (Lipinski definition) is 0. The Labute approximate surface area is 242 Å². The van der Waals surface area contributed by atoms with Crippen LogP contribution in [0.25, 0.3) is 0 Å². The van der Waals surface area contributed by atoms with Gasteiger partial charge in [0.1, 0.15) is 0 Å². The molecule has 0 spiro atoms. The molecular weight excluding hydrogens is 454 g/mol. The van der Waals surface area contributed by atoms with Gasteiger partial charge in [-0.25, -0.2) is 0 Å². The average Bonchev–Trinajstić information content (AvgIpc) is 3.55. The summed E-state index contributed by atoms with van der Waals surface area (Å²) in [5, 5.41) is 0. The summed E-state index contributed by atoms with van der Waals surface area (Å²) in [6.07, 6.45) is 5.59. The zero-order valence-corrected chi connectivity index (χ0v) is 26.9. The fourth-order valence-corrected chi connectivity index (χ4v) is 4.02. The normalized spacial score (nSPS) is 13.9. The van der Waals surface area contributed by atoms with E-state index in [0.29, 0.717) is 11.8 Å². The Bertz CT molecular complexity index is 888. The maximum atomic E-state index is 2.36. The van der Waals surface area contributed by atoms with Crippen molar-refractivity contribution < 1.29 is 0 Å². The predicted octanol–water partition coefficient (Wildman–Crippen LogP) is 11.2. The Morgan fingerprint density at radius 1 is 0.711 bits per heavy atom. The summed E-state index contributed by atoms with van der Waals surface area (Å²) < 4.78 is 0. The molecule has 212 valence electrons. The molecule has 2 aromatic carbocycles. The van der Waals surface area contributed by atoms with Crippen molar-refractivity contribution in [2.24, 2.45) is 11.8 Å². The molecular formula is C36H62B2. The van der Waals surface area contributed by atoms with Crippen molar-refractivity contribution in [3.63, 3.8) is 0 Å². The van der Waals surface area contributed by atoms with Gasteiger partial charge in [-0.05, 0) is 36.2 Å². The molecule has 0 aliphatic carbocycles. The highest BCUT2D eigenvalue weighted by Crippen LogP contribution is 2.30. The van der Waals surface area contributed by atoms with Crippen LogP contribution < -0.4 is 5.46 Å². The van der Waals surface area contributed by atoms with Crippen LogP contribution in [0.15, 0.2) is 71.6 Å². The number of rotatable bonds is 3. The minimum Gasteiger partial charge on any atom is -0.106 e. The lowest BCUT2D eigenvalue weighted by Crippen LogP contribution is -2.09. The van der Waals surface area contributed by atoms with Crippen molar-refractivity contribution in [2.75, 3.05) is 0 Å². The molecule has 0 aromatic heterocycles. The van der Waals surface area contributed by atoms with E-state index >= 15 is 0 Å². The molecule has 2 heteroatoms. The van der Waals surface area contributed by atoms with Crippen molar-refractivity contribution in [3.8, 4) is 0 Å². The molecule has 2 radical (unpaired) electrons. The number of allylic oxidation sites excluding steroid dienone is 4. The van der Waals surface area contributed by atoms with Crippen LogP contribution in [0.2, 0.25) is 6.32 Å². The van der Waals surface area contributed by atoms with E-state index in [2.05, 4.69) is 131 Å². The van der Waals surface area contributed by atoms with Gasteiger partial charge in [0.15, 0.2) is 14.6 Å². The van der Waals surface area contributed by atoms with Crippen LogP contribution in [0, 0.1) is 18.8 Å². The molecule has 4 rings (SSSR count). The van der Waals surface area contributed by atoms with Crippen molar-refractivity contribution >= 4 is 20.0 Å². The van der Waals surface area contributed by atoms with Gasteiger partial charge in [-0.1, -0.05) is 181 Å². The van der Waals surface area contributed by atoms with Crippen molar-refractivity contribution in [3.05, 3.63) is 88.3 Å². The van der Waals surface area contributed by atoms with E-state index in [9.17, 15) is 0 Å². The van der Waals surface area contributed by atoms with Crippen molar-refractivity contribution in [1.29, 1.82) is 0 Å². The lowest BCUT2D eigenvalue weighted by Gasteiger charge is -2.15. The minimum atomic E-state index is 0. The second kappa shape index (κ2) is 24.1. The van der Waals surface area contributed by atoms with Crippen molar-refractivity contribution in [1.82, 2.24) is 0 Å². The zero-order chi connectivity index (χ0) is 29.0. The third kappa shape index (κ3) is 15.5. The summed E-state index contributed by atoms with van der Waals surface area (Å²) in [7, 11) is 4.60. The average molecular weight is 517 g/mol. The third-order valence-corrected chi connectivity index (χ3v) is 6.10. The quantitative estimate of drug-likeness (QED) is 0.356. The smallest absolute Gasteiger partial charge is 0.106 e. The van der Waals surface area contributed by atoms with E-state index in [-0.39, 0.29) is 7.43 Å². The van der Waals surface area contributed by atoms with E-state index in [4.69, 9.17) is 0 Å². The Kier molecular flexibility index (Phi) is 25.7. The van der Waals surface area contributed by atoms with Crippen LogP contribution in [-0.2, 0) is 0 Å². The number of aryl methyl sites for hydroxylation is 1. The summed E-state index contributed by atoms with van der Waals surface area (Å²) in [5.74, 6) is 2.87. The molecule has 0 amide bonds. The first kappa shape index (κ1) is 40.5. The van der Waals surface area contributed by atoms with Crippen LogP contribution in [-0.4, -0.2) is 14.6 Å². The largest absolute Gasteiger partial charge is 0.180 e. The maximum absolute atomic E-state index is 2.36. The second-order valence-corrected chi connectivity index (χ2v) is 9.86. The molecule has 38 heavy (non-hydrogen) atoms. The third-order valence-electron chi connectivity index (χ3n) is 6.10.